The molecule has 0 saturated heterocycles. The lowest BCUT2D eigenvalue weighted by Crippen LogP contribution is -2.71. The summed E-state index contributed by atoms with van der Waals surface area (Å²) in [6.45, 7) is 0. The smallest absolute Gasteiger partial charge is 0.298 e. The minimum atomic E-state index is -2.95. The van der Waals surface area contributed by atoms with Gasteiger partial charge in [-0.3, -0.25) is 9.05 Å². The quantitative estimate of drug-likeness (QED) is 0.0829. The first kappa shape index (κ1) is 28.9. The number of hydrogen-bond acceptors (Lipinski definition) is 4. The lowest BCUT2D eigenvalue weighted by atomic mass is 10.3. The van der Waals surface area contributed by atoms with Crippen molar-refractivity contribution in [3.63, 3.8) is 0 Å². The van der Waals surface area contributed by atoms with Crippen molar-refractivity contribution in [1.29, 1.82) is 0 Å². The third-order valence-electron chi connectivity index (χ3n) is 7.65. The van der Waals surface area contributed by atoms with Gasteiger partial charge < -0.3 is 0 Å². The molecule has 0 heterocycles. The number of benzene rings is 6. The standard InChI is InChI=1S/C38H32N2O2Si2/c1-7-19-33(20-8-1)43(34-21-9-2-10-22-34,35-23-11-3-12-24-35)41-39-31-32-40-42-44(36-25-13-4-14-26-36,37-27-15-5-16-28-37)38-29-17-6-18-30-38/h1-30,39-40H. The van der Waals surface area contributed by atoms with Gasteiger partial charge in [-0.15, -0.1) is 0 Å². The van der Waals surface area contributed by atoms with Crippen LogP contribution in [0.2, 0.25) is 0 Å². The van der Waals surface area contributed by atoms with E-state index in [-0.39, 0.29) is 0 Å². The van der Waals surface area contributed by atoms with Crippen LogP contribution in [0.5, 0.6) is 0 Å². The lowest BCUT2D eigenvalue weighted by Gasteiger charge is -2.31. The Bertz CT molecular complexity index is 1470. The zero-order chi connectivity index (χ0) is 29.9. The Morgan fingerprint density at radius 1 is 0.295 bits per heavy atom. The second kappa shape index (κ2) is 13.9. The molecule has 0 aromatic heterocycles. The summed E-state index contributed by atoms with van der Waals surface area (Å²) in [5.41, 5.74) is 6.00. The summed E-state index contributed by atoms with van der Waals surface area (Å²) in [7, 11) is -5.90. The molecule has 214 valence electrons. The fourth-order valence-electron chi connectivity index (χ4n) is 5.65. The first-order valence-electron chi connectivity index (χ1n) is 14.5. The Morgan fingerprint density at radius 2 is 0.477 bits per heavy atom. The third-order valence-corrected chi connectivity index (χ3v) is 15.3. The summed E-state index contributed by atoms with van der Waals surface area (Å²) in [6.07, 6.45) is 0. The highest BCUT2D eigenvalue weighted by Gasteiger charge is 2.44. The van der Waals surface area contributed by atoms with Crippen LogP contribution in [0.1, 0.15) is 0 Å². The van der Waals surface area contributed by atoms with Crippen LogP contribution in [0.25, 0.3) is 0 Å². The summed E-state index contributed by atoms with van der Waals surface area (Å²) in [5, 5.41) is 6.66. The predicted molar refractivity (Wildman–Crippen MR) is 184 cm³/mol. The molecule has 0 unspecified atom stereocenters. The molecule has 6 rings (SSSR count). The molecule has 2 N–H and O–H groups in total. The molecule has 0 amide bonds. The van der Waals surface area contributed by atoms with Gasteiger partial charge in [-0.05, 0) is 31.1 Å². The van der Waals surface area contributed by atoms with E-state index in [1.807, 2.05) is 109 Å². The molecule has 0 radical (unpaired) electrons. The van der Waals surface area contributed by atoms with Gasteiger partial charge in [0.15, 0.2) is 0 Å². The van der Waals surface area contributed by atoms with E-state index in [0.717, 1.165) is 31.1 Å². The molecule has 0 aliphatic heterocycles. The van der Waals surface area contributed by atoms with Crippen LogP contribution in [-0.4, -0.2) is 16.6 Å². The maximum Gasteiger partial charge on any atom is 0.322 e. The predicted octanol–water partition coefficient (Wildman–Crippen LogP) is 3.28. The molecule has 4 nitrogen and oxygen atoms in total. The zero-order valence-electron chi connectivity index (χ0n) is 24.1. The maximum absolute atomic E-state index is 6.71. The summed E-state index contributed by atoms with van der Waals surface area (Å²) >= 11 is 0. The minimum absolute atomic E-state index is 1.11. The Hall–Kier alpha value is -5.17. The fourth-order valence-corrected chi connectivity index (χ4v) is 12.7. The molecule has 0 bridgehead atoms. The second-order valence-corrected chi connectivity index (χ2v) is 16.8. The van der Waals surface area contributed by atoms with Gasteiger partial charge in [-0.25, -0.2) is 11.0 Å². The van der Waals surface area contributed by atoms with E-state index in [9.17, 15) is 0 Å². The van der Waals surface area contributed by atoms with E-state index < -0.39 is 16.6 Å². The molecule has 6 aromatic rings. The van der Waals surface area contributed by atoms with E-state index in [1.54, 1.807) is 0 Å². The monoisotopic (exact) mass is 604 g/mol. The van der Waals surface area contributed by atoms with Crippen LogP contribution < -0.4 is 42.1 Å². The Kier molecular flexibility index (Phi) is 9.12. The van der Waals surface area contributed by atoms with Gasteiger partial charge >= 0.3 is 16.6 Å². The van der Waals surface area contributed by atoms with Crippen molar-refractivity contribution in [2.45, 2.75) is 0 Å². The first-order valence-corrected chi connectivity index (χ1v) is 18.3. The van der Waals surface area contributed by atoms with E-state index in [4.69, 9.17) is 9.05 Å². The molecule has 0 aliphatic rings. The molecule has 0 aliphatic carbocycles. The van der Waals surface area contributed by atoms with Crippen LogP contribution >= 0.6 is 0 Å². The van der Waals surface area contributed by atoms with Crippen molar-refractivity contribution in [2.24, 2.45) is 0 Å². The van der Waals surface area contributed by atoms with Crippen molar-refractivity contribution in [2.75, 3.05) is 0 Å². The van der Waals surface area contributed by atoms with E-state index in [0.29, 0.717) is 0 Å². The number of hydrogen-bond donors (Lipinski definition) is 2. The van der Waals surface area contributed by atoms with Crippen molar-refractivity contribution in [3.8, 4) is 12.1 Å². The molecular weight excluding hydrogens is 573 g/mol. The van der Waals surface area contributed by atoms with Crippen LogP contribution in [0.15, 0.2) is 182 Å². The molecule has 0 atom stereocenters. The van der Waals surface area contributed by atoms with E-state index in [2.05, 4.69) is 95.8 Å². The third kappa shape index (κ3) is 5.86. The van der Waals surface area contributed by atoms with Gasteiger partial charge in [0.2, 0.25) is 0 Å². The molecule has 0 saturated carbocycles. The lowest BCUT2D eigenvalue weighted by molar-refractivity contribution is 0.245. The van der Waals surface area contributed by atoms with Crippen LogP contribution in [0.3, 0.4) is 0 Å². The van der Waals surface area contributed by atoms with Gasteiger partial charge in [-0.2, -0.15) is 0 Å². The molecule has 6 aromatic carbocycles. The van der Waals surface area contributed by atoms with Crippen LogP contribution in [0.4, 0.5) is 0 Å². The van der Waals surface area contributed by atoms with Crippen LogP contribution in [0, 0.1) is 12.1 Å². The average molecular weight is 605 g/mol. The van der Waals surface area contributed by atoms with Crippen molar-refractivity contribution < 1.29 is 9.05 Å². The Morgan fingerprint density at radius 3 is 0.659 bits per heavy atom. The number of hydroxylamine groups is 2. The van der Waals surface area contributed by atoms with Gasteiger partial charge in [0.25, 0.3) is 0 Å². The SMILES string of the molecule is C(#CNO[Si](c1ccccc1)(c1ccccc1)c1ccccc1)NO[Si](c1ccccc1)(c1ccccc1)c1ccccc1. The fraction of sp³-hybridized carbons (Fsp3) is 0. The highest BCUT2D eigenvalue weighted by atomic mass is 28.4. The van der Waals surface area contributed by atoms with Gasteiger partial charge in [0, 0.05) is 0 Å². The van der Waals surface area contributed by atoms with Gasteiger partial charge in [-0.1, -0.05) is 182 Å². The molecule has 6 heteroatoms. The average Bonchev–Trinajstić information content (AvgIpc) is 3.12. The van der Waals surface area contributed by atoms with E-state index in [1.165, 1.54) is 0 Å². The maximum atomic E-state index is 6.71. The van der Waals surface area contributed by atoms with Crippen LogP contribution in [-0.2, 0) is 9.05 Å². The normalized spacial score (nSPS) is 11.2. The van der Waals surface area contributed by atoms with E-state index >= 15 is 0 Å². The molecular formula is C38H32N2O2Si2. The van der Waals surface area contributed by atoms with Crippen molar-refractivity contribution in [1.82, 2.24) is 11.0 Å². The number of rotatable bonds is 10. The molecule has 0 fully saturated rings. The molecule has 0 spiro atoms. The highest BCUT2D eigenvalue weighted by molar-refractivity contribution is 7.07. The topological polar surface area (TPSA) is 42.5 Å². The molecule has 44 heavy (non-hydrogen) atoms. The Balaban J connectivity index is 1.33. The summed E-state index contributed by atoms with van der Waals surface area (Å²) in [6, 6.07) is 68.2. The van der Waals surface area contributed by atoms with Gasteiger partial charge in [0.05, 0.1) is 12.1 Å². The summed E-state index contributed by atoms with van der Waals surface area (Å²) < 4.78 is 13.4. The van der Waals surface area contributed by atoms with Gasteiger partial charge in [0.1, 0.15) is 0 Å². The Labute approximate surface area is 261 Å². The summed E-state index contributed by atoms with van der Waals surface area (Å²) in [5.74, 6) is 0. The summed E-state index contributed by atoms with van der Waals surface area (Å²) in [4.78, 5) is 0. The number of nitrogens with one attached hydrogen (secondary N) is 2. The minimum Gasteiger partial charge on any atom is -0.298 e. The highest BCUT2D eigenvalue weighted by Crippen LogP contribution is 2.10. The first-order chi connectivity index (χ1) is 21.8. The van der Waals surface area contributed by atoms with Crippen molar-refractivity contribution >= 4 is 47.8 Å². The van der Waals surface area contributed by atoms with Crippen molar-refractivity contribution in [3.05, 3.63) is 182 Å². The zero-order valence-corrected chi connectivity index (χ0v) is 26.1. The second-order valence-electron chi connectivity index (χ2n) is 10.2. The largest absolute Gasteiger partial charge is 0.322 e.